The molecule has 25 heavy (non-hydrogen) atoms. The largest absolute Gasteiger partial charge is 0.326 e. The smallest absolute Gasteiger partial charge is 0.242 e. The lowest BCUT2D eigenvalue weighted by atomic mass is 9.89. The Labute approximate surface area is 154 Å². The molecule has 1 N–H and O–H groups in total. The van der Waals surface area contributed by atoms with Gasteiger partial charge in [-0.05, 0) is 25.7 Å². The van der Waals surface area contributed by atoms with Crippen molar-refractivity contribution in [2.24, 2.45) is 5.92 Å². The second kappa shape index (κ2) is 7.34. The molecule has 4 fully saturated rings. The van der Waals surface area contributed by atoms with Gasteiger partial charge in [0.1, 0.15) is 6.04 Å². The van der Waals surface area contributed by atoms with Gasteiger partial charge in [-0.2, -0.15) is 5.26 Å². The maximum absolute atomic E-state index is 13.1. The first kappa shape index (κ1) is 17.4. The van der Waals surface area contributed by atoms with Gasteiger partial charge < -0.3 is 9.80 Å². The van der Waals surface area contributed by atoms with Gasteiger partial charge in [-0.3, -0.25) is 15.0 Å². The molecule has 3 unspecified atom stereocenters. The predicted octanol–water partition coefficient (Wildman–Crippen LogP) is 1.25. The molecule has 0 aromatic heterocycles. The summed E-state index contributed by atoms with van der Waals surface area (Å²) >= 11 is 1.98. The Kier molecular flexibility index (Phi) is 5.12. The summed E-state index contributed by atoms with van der Waals surface area (Å²) in [5, 5.41) is 13.7. The maximum Gasteiger partial charge on any atom is 0.242 e. The van der Waals surface area contributed by atoms with Crippen molar-refractivity contribution in [2.45, 2.75) is 61.9 Å². The fraction of sp³-hybridized carbons (Fsp3) is 0.889. The Hall–Kier alpha value is -0.970. The van der Waals surface area contributed by atoms with Crippen molar-refractivity contribution in [3.63, 3.8) is 0 Å². The third-order valence-corrected chi connectivity index (χ3v) is 8.11. The molecule has 0 bridgehead atoms. The number of nitrogens with one attached hydrogen (secondary N) is 1. The molecule has 0 aromatic carbocycles. The number of nitriles is 1. The Morgan fingerprint density at radius 2 is 1.92 bits per heavy atom. The number of rotatable bonds is 2. The summed E-state index contributed by atoms with van der Waals surface area (Å²) in [4.78, 5) is 19.2. The highest BCUT2D eigenvalue weighted by Crippen LogP contribution is 2.40. The highest BCUT2D eigenvalue weighted by molar-refractivity contribution is 8.00. The fourth-order valence-electron chi connectivity index (χ4n) is 4.88. The summed E-state index contributed by atoms with van der Waals surface area (Å²) in [6.45, 7) is 6.12. The topological polar surface area (TPSA) is 62.6 Å². The molecule has 0 spiro atoms. The molecular weight excluding hydrogens is 334 g/mol. The quantitative estimate of drug-likeness (QED) is 0.745. The lowest BCUT2D eigenvalue weighted by molar-refractivity contribution is -0.145. The molecular formula is C18H29N5OS. The average Bonchev–Trinajstić information content (AvgIpc) is 3.04. The van der Waals surface area contributed by atoms with Crippen LogP contribution in [-0.2, 0) is 4.79 Å². The van der Waals surface area contributed by atoms with Crippen molar-refractivity contribution in [3.8, 4) is 6.19 Å². The molecule has 1 aliphatic carbocycles. The first-order chi connectivity index (χ1) is 12.2. The third kappa shape index (κ3) is 3.36. The molecule has 6 nitrogen and oxygen atoms in total. The minimum Gasteiger partial charge on any atom is -0.326 e. The zero-order valence-corrected chi connectivity index (χ0v) is 15.9. The molecule has 7 heteroatoms. The molecule has 138 valence electrons. The Bertz CT molecular complexity index is 546. The van der Waals surface area contributed by atoms with E-state index >= 15 is 0 Å². The molecule has 3 saturated heterocycles. The second-order valence-electron chi connectivity index (χ2n) is 7.93. The number of fused-ring (bicyclic) bond motifs is 1. The van der Waals surface area contributed by atoms with Crippen molar-refractivity contribution in [1.82, 2.24) is 20.0 Å². The SMILES string of the molecule is CC1NC(C2CCCCC2)SC1N1CCN2CCN(C#N)C[C@@H]2C1=O. The van der Waals surface area contributed by atoms with Gasteiger partial charge in [0.2, 0.25) is 5.91 Å². The summed E-state index contributed by atoms with van der Waals surface area (Å²) < 4.78 is 0. The normalized spacial score (nSPS) is 37.8. The van der Waals surface area contributed by atoms with E-state index in [-0.39, 0.29) is 17.3 Å². The van der Waals surface area contributed by atoms with Crippen LogP contribution >= 0.6 is 11.8 Å². The fourth-order valence-corrected chi connectivity index (χ4v) is 6.64. The standard InChI is InChI=1S/C18H29N5OS/c1-13-18(25-16(20-13)14-5-3-2-4-6-14)23-10-9-22-8-7-21(12-19)11-15(22)17(23)24/h13-16,18,20H,2-11H2,1H3/t13?,15-,16?,18?/m1/s1. The van der Waals surface area contributed by atoms with Crippen LogP contribution in [0.5, 0.6) is 0 Å². The molecule has 4 rings (SSSR count). The van der Waals surface area contributed by atoms with E-state index in [1.807, 2.05) is 11.8 Å². The Morgan fingerprint density at radius 3 is 2.68 bits per heavy atom. The summed E-state index contributed by atoms with van der Waals surface area (Å²) in [7, 11) is 0. The van der Waals surface area contributed by atoms with Gasteiger partial charge in [0.15, 0.2) is 6.19 Å². The monoisotopic (exact) mass is 363 g/mol. The number of piperazine rings is 2. The number of thioether (sulfide) groups is 1. The third-order valence-electron chi connectivity index (χ3n) is 6.35. The van der Waals surface area contributed by atoms with Gasteiger partial charge >= 0.3 is 0 Å². The van der Waals surface area contributed by atoms with Crippen molar-refractivity contribution in [3.05, 3.63) is 0 Å². The van der Waals surface area contributed by atoms with E-state index < -0.39 is 0 Å². The van der Waals surface area contributed by atoms with Crippen LogP contribution in [0, 0.1) is 17.4 Å². The van der Waals surface area contributed by atoms with Gasteiger partial charge in [0, 0.05) is 32.2 Å². The van der Waals surface area contributed by atoms with Crippen LogP contribution in [0.1, 0.15) is 39.0 Å². The van der Waals surface area contributed by atoms with Crippen molar-refractivity contribution < 1.29 is 4.79 Å². The molecule has 4 atom stereocenters. The Morgan fingerprint density at radius 1 is 1.16 bits per heavy atom. The number of carbonyl (C=O) groups is 1. The number of amides is 1. The van der Waals surface area contributed by atoms with E-state index in [0.717, 1.165) is 32.1 Å². The second-order valence-corrected chi connectivity index (χ2v) is 9.19. The molecule has 4 aliphatic rings. The molecule has 3 aliphatic heterocycles. The first-order valence-electron chi connectivity index (χ1n) is 9.78. The number of carbonyl (C=O) groups excluding carboxylic acids is 1. The van der Waals surface area contributed by atoms with E-state index in [9.17, 15) is 10.1 Å². The van der Waals surface area contributed by atoms with Crippen molar-refractivity contribution >= 4 is 17.7 Å². The predicted molar refractivity (Wildman–Crippen MR) is 98.6 cm³/mol. The van der Waals surface area contributed by atoms with Crippen LogP contribution in [0.25, 0.3) is 0 Å². The maximum atomic E-state index is 13.1. The molecule has 1 saturated carbocycles. The zero-order chi connectivity index (χ0) is 17.4. The highest BCUT2D eigenvalue weighted by Gasteiger charge is 2.46. The number of hydrogen-bond donors (Lipinski definition) is 1. The number of hydrogen-bond acceptors (Lipinski definition) is 6. The molecule has 1 amide bonds. The van der Waals surface area contributed by atoms with Crippen LogP contribution in [0.4, 0.5) is 0 Å². The minimum absolute atomic E-state index is 0.135. The van der Waals surface area contributed by atoms with Crippen LogP contribution in [0.2, 0.25) is 0 Å². The lowest BCUT2D eigenvalue weighted by Gasteiger charge is -2.47. The first-order valence-corrected chi connectivity index (χ1v) is 10.7. The highest BCUT2D eigenvalue weighted by atomic mass is 32.2. The van der Waals surface area contributed by atoms with Gasteiger partial charge in [-0.15, -0.1) is 11.8 Å². The number of nitrogens with zero attached hydrogens (tertiary/aromatic N) is 4. The van der Waals surface area contributed by atoms with Gasteiger partial charge in [0.05, 0.1) is 17.3 Å². The van der Waals surface area contributed by atoms with Gasteiger partial charge in [-0.1, -0.05) is 19.3 Å². The van der Waals surface area contributed by atoms with E-state index in [1.54, 1.807) is 4.90 Å². The molecule has 0 aromatic rings. The van der Waals surface area contributed by atoms with E-state index in [4.69, 9.17) is 0 Å². The molecule has 3 heterocycles. The summed E-state index contributed by atoms with van der Waals surface area (Å²) in [6.07, 6.45) is 8.96. The summed E-state index contributed by atoms with van der Waals surface area (Å²) in [6, 6.07) is 0.201. The van der Waals surface area contributed by atoms with Crippen LogP contribution in [-0.4, -0.2) is 76.2 Å². The summed E-state index contributed by atoms with van der Waals surface area (Å²) in [5.41, 5.74) is 0. The van der Waals surface area contributed by atoms with E-state index in [2.05, 4.69) is 28.2 Å². The van der Waals surface area contributed by atoms with E-state index in [0.29, 0.717) is 18.0 Å². The average molecular weight is 364 g/mol. The van der Waals surface area contributed by atoms with Gasteiger partial charge in [0.25, 0.3) is 0 Å². The summed E-state index contributed by atoms with van der Waals surface area (Å²) in [5.74, 6) is 0.980. The lowest BCUT2D eigenvalue weighted by Crippen LogP contribution is -2.66. The van der Waals surface area contributed by atoms with Crippen molar-refractivity contribution in [1.29, 1.82) is 5.26 Å². The van der Waals surface area contributed by atoms with Crippen LogP contribution < -0.4 is 5.32 Å². The zero-order valence-electron chi connectivity index (χ0n) is 15.1. The minimum atomic E-state index is -0.135. The van der Waals surface area contributed by atoms with Crippen LogP contribution in [0.15, 0.2) is 0 Å². The van der Waals surface area contributed by atoms with Crippen molar-refractivity contribution in [2.75, 3.05) is 32.7 Å². The van der Waals surface area contributed by atoms with E-state index in [1.165, 1.54) is 32.1 Å². The van der Waals surface area contributed by atoms with Gasteiger partial charge in [-0.25, -0.2) is 0 Å². The Balaban J connectivity index is 1.42. The van der Waals surface area contributed by atoms with Crippen LogP contribution in [0.3, 0.4) is 0 Å². The molecule has 0 radical (unpaired) electrons.